The lowest BCUT2D eigenvalue weighted by Gasteiger charge is -2.07. The number of sulfone groups is 1. The van der Waals surface area contributed by atoms with Crippen molar-refractivity contribution in [2.24, 2.45) is 0 Å². The first kappa shape index (κ1) is 14.1. The van der Waals surface area contributed by atoms with Gasteiger partial charge in [-0.1, -0.05) is 28.1 Å². The molecular weight excluding hydrogens is 326 g/mol. The SMILES string of the molecule is Cc1cccc(S(=O)(=O)Cc2cc(N)cc(Br)c2)c1. The van der Waals surface area contributed by atoms with E-state index in [-0.39, 0.29) is 5.75 Å². The van der Waals surface area contributed by atoms with Crippen molar-refractivity contribution in [3.8, 4) is 0 Å². The van der Waals surface area contributed by atoms with Gasteiger partial charge >= 0.3 is 0 Å². The van der Waals surface area contributed by atoms with Gasteiger partial charge in [0, 0.05) is 10.2 Å². The van der Waals surface area contributed by atoms with Gasteiger partial charge in [0.15, 0.2) is 9.84 Å². The highest BCUT2D eigenvalue weighted by atomic mass is 79.9. The number of aryl methyl sites for hydroxylation is 1. The van der Waals surface area contributed by atoms with Crippen LogP contribution in [0.5, 0.6) is 0 Å². The highest BCUT2D eigenvalue weighted by Crippen LogP contribution is 2.22. The zero-order chi connectivity index (χ0) is 14.0. The fraction of sp³-hybridized carbons (Fsp3) is 0.143. The van der Waals surface area contributed by atoms with Gasteiger partial charge in [-0.2, -0.15) is 0 Å². The normalized spacial score (nSPS) is 11.5. The number of nitrogens with two attached hydrogens (primary N) is 1. The third-order valence-corrected chi connectivity index (χ3v) is 4.83. The van der Waals surface area contributed by atoms with Crippen LogP contribution < -0.4 is 5.73 Å². The number of rotatable bonds is 3. The van der Waals surface area contributed by atoms with E-state index in [2.05, 4.69) is 15.9 Å². The molecule has 2 aromatic carbocycles. The van der Waals surface area contributed by atoms with E-state index in [1.54, 1.807) is 36.4 Å². The molecular formula is C14H14BrNO2S. The maximum atomic E-state index is 12.3. The molecule has 0 aliphatic carbocycles. The second-order valence-corrected chi connectivity index (χ2v) is 7.37. The van der Waals surface area contributed by atoms with Crippen LogP contribution in [0.2, 0.25) is 0 Å². The summed E-state index contributed by atoms with van der Waals surface area (Å²) < 4.78 is 25.4. The predicted octanol–water partition coefficient (Wildman–Crippen LogP) is 3.31. The Kier molecular flexibility index (Phi) is 3.96. The van der Waals surface area contributed by atoms with Crippen molar-refractivity contribution in [2.75, 3.05) is 5.73 Å². The monoisotopic (exact) mass is 339 g/mol. The Hall–Kier alpha value is -1.33. The van der Waals surface area contributed by atoms with Crippen LogP contribution in [0.3, 0.4) is 0 Å². The first-order valence-corrected chi connectivity index (χ1v) is 8.16. The topological polar surface area (TPSA) is 60.2 Å². The molecule has 0 fully saturated rings. The Morgan fingerprint density at radius 1 is 1.16 bits per heavy atom. The van der Waals surface area contributed by atoms with Crippen LogP contribution in [0.25, 0.3) is 0 Å². The minimum atomic E-state index is -3.35. The Morgan fingerprint density at radius 3 is 2.53 bits per heavy atom. The second-order valence-electron chi connectivity index (χ2n) is 4.47. The van der Waals surface area contributed by atoms with E-state index in [4.69, 9.17) is 5.73 Å². The standard InChI is InChI=1S/C14H14BrNO2S/c1-10-3-2-4-14(5-10)19(17,18)9-11-6-12(15)8-13(16)7-11/h2-8H,9,16H2,1H3. The molecule has 100 valence electrons. The first-order chi connectivity index (χ1) is 8.87. The Morgan fingerprint density at radius 2 is 1.89 bits per heavy atom. The molecule has 0 aliphatic rings. The quantitative estimate of drug-likeness (QED) is 0.872. The summed E-state index contributed by atoms with van der Waals surface area (Å²) in [6.45, 7) is 1.87. The molecule has 2 N–H and O–H groups in total. The van der Waals surface area contributed by atoms with Crippen LogP contribution in [-0.4, -0.2) is 8.42 Å². The molecule has 2 aromatic rings. The second kappa shape index (κ2) is 5.35. The van der Waals surface area contributed by atoms with Crippen molar-refractivity contribution in [1.82, 2.24) is 0 Å². The first-order valence-electron chi connectivity index (χ1n) is 5.71. The molecule has 0 bridgehead atoms. The maximum absolute atomic E-state index is 12.3. The number of hydrogen-bond acceptors (Lipinski definition) is 3. The van der Waals surface area contributed by atoms with Crippen molar-refractivity contribution < 1.29 is 8.42 Å². The summed E-state index contributed by atoms with van der Waals surface area (Å²) in [6.07, 6.45) is 0. The van der Waals surface area contributed by atoms with Crippen LogP contribution in [0.4, 0.5) is 5.69 Å². The molecule has 3 nitrogen and oxygen atoms in total. The molecule has 0 saturated heterocycles. The summed E-state index contributed by atoms with van der Waals surface area (Å²) in [4.78, 5) is 0.339. The molecule has 0 amide bonds. The molecule has 0 atom stereocenters. The van der Waals surface area contributed by atoms with Crippen LogP contribution in [0.1, 0.15) is 11.1 Å². The number of benzene rings is 2. The minimum Gasteiger partial charge on any atom is -0.399 e. The van der Waals surface area contributed by atoms with Crippen molar-refractivity contribution in [3.05, 3.63) is 58.1 Å². The van der Waals surface area contributed by atoms with Crippen molar-refractivity contribution in [1.29, 1.82) is 0 Å². The fourth-order valence-corrected chi connectivity index (χ4v) is 3.85. The van der Waals surface area contributed by atoms with Gasteiger partial charge in [0.1, 0.15) is 0 Å². The van der Waals surface area contributed by atoms with Crippen LogP contribution >= 0.6 is 15.9 Å². The van der Waals surface area contributed by atoms with Gasteiger partial charge in [0.25, 0.3) is 0 Å². The summed E-state index contributed by atoms with van der Waals surface area (Å²) in [5.74, 6) is -0.0555. The van der Waals surface area contributed by atoms with E-state index in [9.17, 15) is 8.42 Å². The van der Waals surface area contributed by atoms with E-state index in [1.807, 2.05) is 13.0 Å². The smallest absolute Gasteiger partial charge is 0.182 e. The van der Waals surface area contributed by atoms with E-state index >= 15 is 0 Å². The molecule has 0 aliphatic heterocycles. The highest BCUT2D eigenvalue weighted by molar-refractivity contribution is 9.10. The Labute approximate surface area is 121 Å². The molecule has 0 spiro atoms. The zero-order valence-corrected chi connectivity index (χ0v) is 12.8. The van der Waals surface area contributed by atoms with Gasteiger partial charge in [-0.05, 0) is 48.4 Å². The lowest BCUT2D eigenvalue weighted by atomic mass is 10.2. The van der Waals surface area contributed by atoms with Gasteiger partial charge in [-0.15, -0.1) is 0 Å². The number of anilines is 1. The summed E-state index contributed by atoms with van der Waals surface area (Å²) in [7, 11) is -3.35. The zero-order valence-electron chi connectivity index (χ0n) is 10.4. The molecule has 0 aromatic heterocycles. The van der Waals surface area contributed by atoms with E-state index < -0.39 is 9.84 Å². The van der Waals surface area contributed by atoms with Crippen LogP contribution in [0, 0.1) is 6.92 Å². The van der Waals surface area contributed by atoms with E-state index in [1.165, 1.54) is 0 Å². The fourth-order valence-electron chi connectivity index (χ4n) is 1.87. The van der Waals surface area contributed by atoms with Crippen molar-refractivity contribution in [3.63, 3.8) is 0 Å². The molecule has 0 unspecified atom stereocenters. The van der Waals surface area contributed by atoms with Crippen LogP contribution in [0.15, 0.2) is 51.8 Å². The average Bonchev–Trinajstić information content (AvgIpc) is 2.26. The van der Waals surface area contributed by atoms with Gasteiger partial charge < -0.3 is 5.73 Å². The summed E-state index contributed by atoms with van der Waals surface area (Å²) in [6, 6.07) is 12.1. The summed E-state index contributed by atoms with van der Waals surface area (Å²) in [5, 5.41) is 0. The Balaban J connectivity index is 2.36. The predicted molar refractivity (Wildman–Crippen MR) is 80.6 cm³/mol. The van der Waals surface area contributed by atoms with Gasteiger partial charge in [-0.3, -0.25) is 0 Å². The van der Waals surface area contributed by atoms with Crippen LogP contribution in [-0.2, 0) is 15.6 Å². The molecule has 0 saturated carbocycles. The lowest BCUT2D eigenvalue weighted by molar-refractivity contribution is 0.595. The molecule has 0 radical (unpaired) electrons. The third kappa shape index (κ3) is 3.58. The number of nitrogen functional groups attached to an aromatic ring is 1. The van der Waals surface area contributed by atoms with Crippen molar-refractivity contribution >= 4 is 31.5 Å². The van der Waals surface area contributed by atoms with Gasteiger partial charge in [-0.25, -0.2) is 8.42 Å². The largest absolute Gasteiger partial charge is 0.399 e. The molecule has 5 heteroatoms. The Bertz CT molecular complexity index is 691. The summed E-state index contributed by atoms with van der Waals surface area (Å²) >= 11 is 3.31. The molecule has 19 heavy (non-hydrogen) atoms. The van der Waals surface area contributed by atoms with E-state index in [0.717, 1.165) is 10.0 Å². The van der Waals surface area contributed by atoms with Gasteiger partial charge in [0.2, 0.25) is 0 Å². The minimum absolute atomic E-state index is 0.0555. The molecule has 2 rings (SSSR count). The summed E-state index contributed by atoms with van der Waals surface area (Å²) in [5.41, 5.74) is 7.86. The average molecular weight is 340 g/mol. The third-order valence-electron chi connectivity index (χ3n) is 2.69. The molecule has 0 heterocycles. The highest BCUT2D eigenvalue weighted by Gasteiger charge is 2.15. The lowest BCUT2D eigenvalue weighted by Crippen LogP contribution is -2.05. The number of hydrogen-bond donors (Lipinski definition) is 1. The van der Waals surface area contributed by atoms with E-state index in [0.29, 0.717) is 16.1 Å². The number of halogens is 1. The van der Waals surface area contributed by atoms with Crippen molar-refractivity contribution in [2.45, 2.75) is 17.6 Å². The maximum Gasteiger partial charge on any atom is 0.182 e. The van der Waals surface area contributed by atoms with Gasteiger partial charge in [0.05, 0.1) is 10.6 Å².